The molecule has 0 aliphatic heterocycles. The SMILES string of the molecule is CC1(C(=O)O)C2C=CC(C2)C1C(=O)Nc1nccs1. The van der Waals surface area contributed by atoms with E-state index in [9.17, 15) is 14.7 Å². The van der Waals surface area contributed by atoms with Gasteiger partial charge in [0.25, 0.3) is 0 Å². The highest BCUT2D eigenvalue weighted by molar-refractivity contribution is 7.13. The number of carboxylic acid groups (broad SMARTS) is 1. The summed E-state index contributed by atoms with van der Waals surface area (Å²) in [4.78, 5) is 28.0. The third-order valence-electron chi connectivity index (χ3n) is 4.37. The highest BCUT2D eigenvalue weighted by Crippen LogP contribution is 2.56. The van der Waals surface area contributed by atoms with E-state index in [0.717, 1.165) is 6.42 Å². The number of carboxylic acids is 1. The molecule has 0 spiro atoms. The molecule has 19 heavy (non-hydrogen) atoms. The fourth-order valence-corrected chi connectivity index (χ4v) is 3.85. The van der Waals surface area contributed by atoms with E-state index in [2.05, 4.69) is 10.3 Å². The van der Waals surface area contributed by atoms with Crippen molar-refractivity contribution in [3.8, 4) is 0 Å². The normalized spacial score (nSPS) is 35.5. The van der Waals surface area contributed by atoms with Crippen molar-refractivity contribution >= 4 is 28.3 Å². The molecule has 1 amide bonds. The molecule has 1 heterocycles. The number of nitrogens with one attached hydrogen (secondary N) is 1. The van der Waals surface area contributed by atoms with Crippen LogP contribution in [0, 0.1) is 23.2 Å². The van der Waals surface area contributed by atoms with Crippen molar-refractivity contribution in [2.24, 2.45) is 23.2 Å². The number of aliphatic carboxylic acids is 1. The second-order valence-corrected chi connectivity index (χ2v) is 6.18. The topological polar surface area (TPSA) is 79.3 Å². The lowest BCUT2D eigenvalue weighted by Gasteiger charge is -2.33. The number of hydrogen-bond acceptors (Lipinski definition) is 4. The van der Waals surface area contributed by atoms with E-state index < -0.39 is 17.3 Å². The van der Waals surface area contributed by atoms with Crippen LogP contribution in [0.5, 0.6) is 0 Å². The maximum absolute atomic E-state index is 12.4. The molecule has 0 radical (unpaired) electrons. The van der Waals surface area contributed by atoms with Gasteiger partial charge in [0.1, 0.15) is 0 Å². The third-order valence-corrected chi connectivity index (χ3v) is 5.06. The van der Waals surface area contributed by atoms with Crippen LogP contribution < -0.4 is 5.32 Å². The summed E-state index contributed by atoms with van der Waals surface area (Å²) in [5.74, 6) is -1.70. The fraction of sp³-hybridized carbons (Fsp3) is 0.462. The van der Waals surface area contributed by atoms with E-state index in [1.165, 1.54) is 11.3 Å². The third kappa shape index (κ3) is 1.70. The lowest BCUT2D eigenvalue weighted by Crippen LogP contribution is -2.45. The molecule has 4 unspecified atom stereocenters. The van der Waals surface area contributed by atoms with Crippen LogP contribution in [0.15, 0.2) is 23.7 Å². The summed E-state index contributed by atoms with van der Waals surface area (Å²) in [5, 5.41) is 14.5. The number of fused-ring (bicyclic) bond motifs is 2. The Kier molecular flexibility index (Phi) is 2.70. The Balaban J connectivity index is 1.88. The highest BCUT2D eigenvalue weighted by atomic mass is 32.1. The van der Waals surface area contributed by atoms with Gasteiger partial charge in [0.15, 0.2) is 5.13 Å². The molecule has 5 nitrogen and oxygen atoms in total. The Morgan fingerprint density at radius 2 is 2.32 bits per heavy atom. The van der Waals surface area contributed by atoms with Gasteiger partial charge in [-0.1, -0.05) is 12.2 Å². The minimum Gasteiger partial charge on any atom is -0.481 e. The van der Waals surface area contributed by atoms with Gasteiger partial charge < -0.3 is 10.4 Å². The van der Waals surface area contributed by atoms with Gasteiger partial charge in [-0.25, -0.2) is 4.98 Å². The first-order valence-electron chi connectivity index (χ1n) is 6.15. The molecule has 4 atom stereocenters. The Morgan fingerprint density at radius 1 is 1.53 bits per heavy atom. The second-order valence-electron chi connectivity index (χ2n) is 5.28. The molecule has 6 heteroatoms. The van der Waals surface area contributed by atoms with Gasteiger partial charge >= 0.3 is 5.97 Å². The summed E-state index contributed by atoms with van der Waals surface area (Å²) < 4.78 is 0. The standard InChI is InChI=1S/C13H14N2O3S/c1-13(11(17)18)8-3-2-7(6-8)9(13)10(16)15-12-14-4-5-19-12/h2-5,7-9H,6H2,1H3,(H,17,18)(H,14,15,16). The van der Waals surface area contributed by atoms with Crippen molar-refractivity contribution in [3.63, 3.8) is 0 Å². The van der Waals surface area contributed by atoms with Crippen molar-refractivity contribution in [3.05, 3.63) is 23.7 Å². The monoisotopic (exact) mass is 278 g/mol. The molecule has 2 N–H and O–H groups in total. The molecule has 1 fully saturated rings. The summed E-state index contributed by atoms with van der Waals surface area (Å²) in [5.41, 5.74) is -1.01. The Morgan fingerprint density at radius 3 is 2.95 bits per heavy atom. The van der Waals surface area contributed by atoms with Gasteiger partial charge in [0, 0.05) is 11.6 Å². The van der Waals surface area contributed by atoms with Gasteiger partial charge in [0.05, 0.1) is 11.3 Å². The number of carbonyl (C=O) groups excluding carboxylic acids is 1. The molecule has 0 aromatic carbocycles. The lowest BCUT2D eigenvalue weighted by molar-refractivity contribution is -0.155. The maximum atomic E-state index is 12.4. The number of hydrogen-bond donors (Lipinski definition) is 2. The average Bonchev–Trinajstić information content (AvgIpc) is 3.03. The van der Waals surface area contributed by atoms with Gasteiger partial charge in [-0.2, -0.15) is 0 Å². The van der Waals surface area contributed by atoms with E-state index in [1.807, 2.05) is 12.2 Å². The smallest absolute Gasteiger partial charge is 0.310 e. The molecular formula is C13H14N2O3S. The second kappa shape index (κ2) is 4.16. The fourth-order valence-electron chi connectivity index (χ4n) is 3.32. The number of aromatic nitrogens is 1. The molecule has 1 aromatic heterocycles. The highest BCUT2D eigenvalue weighted by Gasteiger charge is 2.60. The van der Waals surface area contributed by atoms with Crippen LogP contribution in [0.3, 0.4) is 0 Å². The van der Waals surface area contributed by atoms with Crippen molar-refractivity contribution in [2.45, 2.75) is 13.3 Å². The minimum absolute atomic E-state index is 0.0195. The molecule has 1 aromatic rings. The molecular weight excluding hydrogens is 264 g/mol. The van der Waals surface area contributed by atoms with Crippen LogP contribution in [0.1, 0.15) is 13.3 Å². The zero-order valence-corrected chi connectivity index (χ0v) is 11.2. The Hall–Kier alpha value is -1.69. The predicted octanol–water partition coefficient (Wildman–Crippen LogP) is 1.99. The summed E-state index contributed by atoms with van der Waals surface area (Å²) in [6.45, 7) is 1.68. The minimum atomic E-state index is -1.01. The number of nitrogens with zero attached hydrogens (tertiary/aromatic N) is 1. The van der Waals surface area contributed by atoms with E-state index in [4.69, 9.17) is 0 Å². The van der Waals surface area contributed by atoms with Crippen LogP contribution in [-0.4, -0.2) is 22.0 Å². The predicted molar refractivity (Wildman–Crippen MR) is 70.7 cm³/mol. The summed E-state index contributed by atoms with van der Waals surface area (Å²) >= 11 is 1.33. The van der Waals surface area contributed by atoms with Crippen molar-refractivity contribution in [2.75, 3.05) is 5.32 Å². The van der Waals surface area contributed by atoms with E-state index in [-0.39, 0.29) is 17.7 Å². The van der Waals surface area contributed by atoms with Gasteiger partial charge in [-0.3, -0.25) is 9.59 Å². The van der Waals surface area contributed by atoms with Crippen LogP contribution in [-0.2, 0) is 9.59 Å². The number of thiazole rings is 1. The average molecular weight is 278 g/mol. The van der Waals surface area contributed by atoms with Gasteiger partial charge in [-0.15, -0.1) is 11.3 Å². The van der Waals surface area contributed by atoms with Crippen molar-refractivity contribution < 1.29 is 14.7 Å². The van der Waals surface area contributed by atoms with Crippen LogP contribution in [0.4, 0.5) is 5.13 Å². The van der Waals surface area contributed by atoms with Gasteiger partial charge in [0.2, 0.25) is 5.91 Å². The van der Waals surface area contributed by atoms with E-state index in [0.29, 0.717) is 5.13 Å². The van der Waals surface area contributed by atoms with Crippen LogP contribution in [0.25, 0.3) is 0 Å². The Bertz CT molecular complexity index is 554. The molecule has 2 aliphatic carbocycles. The number of allylic oxidation sites excluding steroid dienone is 2. The number of rotatable bonds is 3. The maximum Gasteiger partial charge on any atom is 0.310 e. The zero-order chi connectivity index (χ0) is 13.6. The number of amides is 1. The quantitative estimate of drug-likeness (QED) is 0.829. The van der Waals surface area contributed by atoms with Gasteiger partial charge in [-0.05, 0) is 25.2 Å². The Labute approximate surface area is 114 Å². The lowest BCUT2D eigenvalue weighted by atomic mass is 9.69. The molecule has 2 aliphatic rings. The summed E-state index contributed by atoms with van der Waals surface area (Å²) in [7, 11) is 0. The molecule has 2 bridgehead atoms. The molecule has 3 rings (SSSR count). The summed E-state index contributed by atoms with van der Waals surface area (Å²) in [6, 6.07) is 0. The van der Waals surface area contributed by atoms with Crippen LogP contribution >= 0.6 is 11.3 Å². The molecule has 0 saturated heterocycles. The first-order valence-corrected chi connectivity index (χ1v) is 7.03. The van der Waals surface area contributed by atoms with Crippen molar-refractivity contribution in [1.82, 2.24) is 4.98 Å². The first kappa shape index (κ1) is 12.3. The number of carbonyl (C=O) groups is 2. The van der Waals surface area contributed by atoms with E-state index in [1.54, 1.807) is 18.5 Å². The van der Waals surface area contributed by atoms with E-state index >= 15 is 0 Å². The summed E-state index contributed by atoms with van der Waals surface area (Å²) in [6.07, 6.45) is 6.27. The molecule has 1 saturated carbocycles. The molecule has 100 valence electrons. The zero-order valence-electron chi connectivity index (χ0n) is 10.4. The first-order chi connectivity index (χ1) is 9.03. The van der Waals surface area contributed by atoms with Crippen LogP contribution in [0.2, 0.25) is 0 Å². The van der Waals surface area contributed by atoms with Crippen molar-refractivity contribution in [1.29, 1.82) is 0 Å². The largest absolute Gasteiger partial charge is 0.481 e. The number of anilines is 1.